The molecule has 2 amide bonds. The Bertz CT molecular complexity index is 258. The van der Waals surface area contributed by atoms with Gasteiger partial charge in [-0.3, -0.25) is 20.0 Å². The molecular formula is C12H22N2O2. The predicted octanol–water partition coefficient (Wildman–Crippen LogP) is 1.85. The van der Waals surface area contributed by atoms with E-state index in [0.717, 1.165) is 25.7 Å². The second-order valence-electron chi connectivity index (χ2n) is 4.79. The molecule has 16 heavy (non-hydrogen) atoms. The molecule has 0 spiro atoms. The Labute approximate surface area is 97.4 Å². The molecule has 4 nitrogen and oxygen atoms in total. The van der Waals surface area contributed by atoms with Crippen LogP contribution in [0.25, 0.3) is 0 Å². The lowest BCUT2D eigenvalue weighted by Crippen LogP contribution is -2.51. The average Bonchev–Trinajstić information content (AvgIpc) is 2.25. The van der Waals surface area contributed by atoms with Crippen LogP contribution in [0.3, 0.4) is 0 Å². The molecule has 1 N–H and O–H groups in total. The molecule has 0 aromatic rings. The highest BCUT2D eigenvalue weighted by Gasteiger charge is 2.24. The van der Waals surface area contributed by atoms with Gasteiger partial charge in [0, 0.05) is 18.9 Å². The van der Waals surface area contributed by atoms with Crippen LogP contribution in [-0.4, -0.2) is 22.9 Å². The molecule has 1 rings (SSSR count). The minimum absolute atomic E-state index is 0.00333. The number of carbonyl (C=O) groups excluding carboxylic acids is 2. The topological polar surface area (TPSA) is 49.4 Å². The third kappa shape index (κ3) is 3.51. The summed E-state index contributed by atoms with van der Waals surface area (Å²) in [5, 5.41) is 1.41. The SMILES string of the molecule is CC(=O)N(NC(=O)C1CCCCC1)C(C)C. The van der Waals surface area contributed by atoms with Crippen molar-refractivity contribution in [3.63, 3.8) is 0 Å². The van der Waals surface area contributed by atoms with E-state index in [1.807, 2.05) is 13.8 Å². The Hall–Kier alpha value is -1.06. The predicted molar refractivity (Wildman–Crippen MR) is 62.4 cm³/mol. The molecule has 0 saturated heterocycles. The second kappa shape index (κ2) is 5.87. The zero-order chi connectivity index (χ0) is 12.1. The minimum Gasteiger partial charge on any atom is -0.273 e. The number of hydrogen-bond donors (Lipinski definition) is 1. The van der Waals surface area contributed by atoms with E-state index in [9.17, 15) is 9.59 Å². The van der Waals surface area contributed by atoms with Crippen LogP contribution in [0.5, 0.6) is 0 Å². The summed E-state index contributed by atoms with van der Waals surface area (Å²) >= 11 is 0. The fourth-order valence-corrected chi connectivity index (χ4v) is 2.15. The molecule has 0 aliphatic heterocycles. The van der Waals surface area contributed by atoms with Gasteiger partial charge < -0.3 is 0 Å². The van der Waals surface area contributed by atoms with Gasteiger partial charge in [0.05, 0.1) is 0 Å². The van der Waals surface area contributed by atoms with Gasteiger partial charge in [-0.25, -0.2) is 0 Å². The lowest BCUT2D eigenvalue weighted by Gasteiger charge is -2.29. The molecule has 0 aromatic carbocycles. The van der Waals surface area contributed by atoms with Crippen LogP contribution in [0.1, 0.15) is 52.9 Å². The third-order valence-corrected chi connectivity index (χ3v) is 3.06. The molecule has 92 valence electrons. The zero-order valence-corrected chi connectivity index (χ0v) is 10.5. The smallest absolute Gasteiger partial charge is 0.241 e. The van der Waals surface area contributed by atoms with E-state index in [1.54, 1.807) is 0 Å². The zero-order valence-electron chi connectivity index (χ0n) is 10.5. The van der Waals surface area contributed by atoms with E-state index >= 15 is 0 Å². The van der Waals surface area contributed by atoms with Crippen molar-refractivity contribution in [2.75, 3.05) is 0 Å². The van der Waals surface area contributed by atoms with Crippen LogP contribution in [-0.2, 0) is 9.59 Å². The fourth-order valence-electron chi connectivity index (χ4n) is 2.15. The highest BCUT2D eigenvalue weighted by Crippen LogP contribution is 2.23. The second-order valence-corrected chi connectivity index (χ2v) is 4.79. The van der Waals surface area contributed by atoms with E-state index in [4.69, 9.17) is 0 Å². The van der Waals surface area contributed by atoms with E-state index in [2.05, 4.69) is 5.43 Å². The van der Waals surface area contributed by atoms with E-state index in [0.29, 0.717) is 0 Å². The van der Waals surface area contributed by atoms with Crippen molar-refractivity contribution in [3.8, 4) is 0 Å². The monoisotopic (exact) mass is 226 g/mol. The molecule has 4 heteroatoms. The molecule has 0 bridgehead atoms. The first kappa shape index (κ1) is 13.0. The van der Waals surface area contributed by atoms with Crippen LogP contribution in [0, 0.1) is 5.92 Å². The first-order valence-corrected chi connectivity index (χ1v) is 6.12. The molecule has 0 aromatic heterocycles. The highest BCUT2D eigenvalue weighted by molar-refractivity contribution is 5.82. The first-order valence-electron chi connectivity index (χ1n) is 6.12. The lowest BCUT2D eigenvalue weighted by atomic mass is 9.89. The summed E-state index contributed by atoms with van der Waals surface area (Å²) in [7, 11) is 0. The Morgan fingerprint density at radius 3 is 2.19 bits per heavy atom. The van der Waals surface area contributed by atoms with Gasteiger partial charge in [-0.05, 0) is 26.7 Å². The third-order valence-electron chi connectivity index (χ3n) is 3.06. The van der Waals surface area contributed by atoms with Crippen LogP contribution in [0.4, 0.5) is 0 Å². The molecule has 1 saturated carbocycles. The number of carbonyl (C=O) groups is 2. The minimum atomic E-state index is -0.112. The number of nitrogens with zero attached hydrogens (tertiary/aromatic N) is 1. The Balaban J connectivity index is 2.50. The number of nitrogens with one attached hydrogen (secondary N) is 1. The van der Waals surface area contributed by atoms with Gasteiger partial charge in [0.25, 0.3) is 0 Å². The van der Waals surface area contributed by atoms with Gasteiger partial charge in [-0.15, -0.1) is 0 Å². The molecule has 1 aliphatic carbocycles. The van der Waals surface area contributed by atoms with Gasteiger partial charge in [-0.2, -0.15) is 0 Å². The maximum atomic E-state index is 11.9. The van der Waals surface area contributed by atoms with E-state index in [1.165, 1.54) is 18.4 Å². The summed E-state index contributed by atoms with van der Waals surface area (Å²) in [5.41, 5.74) is 2.73. The maximum Gasteiger partial charge on any atom is 0.241 e. The molecule has 1 aliphatic rings. The standard InChI is InChI=1S/C12H22N2O2/c1-9(2)14(10(3)15)13-12(16)11-7-5-4-6-8-11/h9,11H,4-8H2,1-3H3,(H,13,16). The number of hydrazine groups is 1. The average molecular weight is 226 g/mol. The van der Waals surface area contributed by atoms with E-state index in [-0.39, 0.29) is 23.8 Å². The van der Waals surface area contributed by atoms with Gasteiger partial charge in [0.2, 0.25) is 11.8 Å². The van der Waals surface area contributed by atoms with Crippen LogP contribution in [0.2, 0.25) is 0 Å². The summed E-state index contributed by atoms with van der Waals surface area (Å²) in [6, 6.07) is 0.00467. The largest absolute Gasteiger partial charge is 0.273 e. The van der Waals surface area contributed by atoms with Crippen molar-refractivity contribution in [2.45, 2.75) is 58.9 Å². The van der Waals surface area contributed by atoms with Gasteiger partial charge in [0.1, 0.15) is 0 Å². The van der Waals surface area contributed by atoms with Crippen molar-refractivity contribution in [1.82, 2.24) is 10.4 Å². The normalized spacial score (nSPS) is 17.2. The van der Waals surface area contributed by atoms with Gasteiger partial charge >= 0.3 is 0 Å². The van der Waals surface area contributed by atoms with Crippen molar-refractivity contribution in [3.05, 3.63) is 0 Å². The van der Waals surface area contributed by atoms with Crippen LogP contribution in [0.15, 0.2) is 0 Å². The van der Waals surface area contributed by atoms with Crippen LogP contribution >= 0.6 is 0 Å². The summed E-state index contributed by atoms with van der Waals surface area (Å²) < 4.78 is 0. The van der Waals surface area contributed by atoms with Crippen molar-refractivity contribution >= 4 is 11.8 Å². The molecule has 0 radical (unpaired) electrons. The molecule has 0 unspecified atom stereocenters. The Morgan fingerprint density at radius 2 is 1.75 bits per heavy atom. The van der Waals surface area contributed by atoms with E-state index < -0.39 is 0 Å². The van der Waals surface area contributed by atoms with Crippen molar-refractivity contribution < 1.29 is 9.59 Å². The molecule has 0 atom stereocenters. The van der Waals surface area contributed by atoms with Gasteiger partial charge in [0.15, 0.2) is 0 Å². The van der Waals surface area contributed by atoms with Gasteiger partial charge in [-0.1, -0.05) is 19.3 Å². The summed E-state index contributed by atoms with van der Waals surface area (Å²) in [6.07, 6.45) is 5.38. The van der Waals surface area contributed by atoms with Crippen molar-refractivity contribution in [1.29, 1.82) is 0 Å². The first-order chi connectivity index (χ1) is 7.52. The van der Waals surface area contributed by atoms with Crippen molar-refractivity contribution in [2.24, 2.45) is 5.92 Å². The number of hydrogen-bond acceptors (Lipinski definition) is 2. The molecular weight excluding hydrogens is 204 g/mol. The lowest BCUT2D eigenvalue weighted by molar-refractivity contribution is -0.144. The molecule has 1 fully saturated rings. The summed E-state index contributed by atoms with van der Waals surface area (Å²) in [4.78, 5) is 23.2. The Morgan fingerprint density at radius 1 is 1.19 bits per heavy atom. The number of amides is 2. The van der Waals surface area contributed by atoms with Crippen LogP contribution < -0.4 is 5.43 Å². The molecule has 0 heterocycles. The number of rotatable bonds is 2. The highest BCUT2D eigenvalue weighted by atomic mass is 16.2. The maximum absolute atomic E-state index is 11.9. The Kier molecular flexibility index (Phi) is 4.77. The quantitative estimate of drug-likeness (QED) is 0.731. The summed E-state index contributed by atoms with van der Waals surface area (Å²) in [5.74, 6) is -0.0166. The summed E-state index contributed by atoms with van der Waals surface area (Å²) in [6.45, 7) is 5.26. The fraction of sp³-hybridized carbons (Fsp3) is 0.833.